The first-order chi connectivity index (χ1) is 7.34. The van der Waals surface area contributed by atoms with Crippen LogP contribution in [-0.2, 0) is 0 Å². The highest BCUT2D eigenvalue weighted by molar-refractivity contribution is 5.94. The third-order valence-electron chi connectivity index (χ3n) is 2.03. The number of carbonyl (C=O) groups excluding carboxylic acids is 1. The van der Waals surface area contributed by atoms with Crippen molar-refractivity contribution in [1.29, 1.82) is 0 Å². The standard InChI is InChI=1S/C11H12F3NO/c1-8(2)15(11(12,13)14)10(16)9-6-4-3-5-7-9/h3-8H,1-2H3. The third-order valence-corrected chi connectivity index (χ3v) is 2.03. The minimum absolute atomic E-state index is 0.0357. The fourth-order valence-corrected chi connectivity index (χ4v) is 1.36. The minimum Gasteiger partial charge on any atom is -0.269 e. The van der Waals surface area contributed by atoms with Crippen molar-refractivity contribution in [2.75, 3.05) is 0 Å². The van der Waals surface area contributed by atoms with Crippen molar-refractivity contribution in [1.82, 2.24) is 4.90 Å². The summed E-state index contributed by atoms with van der Waals surface area (Å²) in [5.41, 5.74) is 0.0357. The maximum atomic E-state index is 12.6. The van der Waals surface area contributed by atoms with E-state index in [0.29, 0.717) is 0 Å². The van der Waals surface area contributed by atoms with Crippen molar-refractivity contribution < 1.29 is 18.0 Å². The van der Waals surface area contributed by atoms with Crippen LogP contribution in [0, 0.1) is 0 Å². The van der Waals surface area contributed by atoms with E-state index in [9.17, 15) is 18.0 Å². The van der Waals surface area contributed by atoms with Crippen LogP contribution < -0.4 is 0 Å². The molecule has 88 valence electrons. The molecule has 5 heteroatoms. The van der Waals surface area contributed by atoms with E-state index in [4.69, 9.17) is 0 Å². The van der Waals surface area contributed by atoms with Crippen molar-refractivity contribution in [3.05, 3.63) is 35.9 Å². The molecule has 0 aromatic heterocycles. The smallest absolute Gasteiger partial charge is 0.269 e. The summed E-state index contributed by atoms with van der Waals surface area (Å²) >= 11 is 0. The van der Waals surface area contributed by atoms with Gasteiger partial charge in [0.1, 0.15) is 0 Å². The lowest BCUT2D eigenvalue weighted by atomic mass is 10.2. The van der Waals surface area contributed by atoms with Crippen LogP contribution in [0.25, 0.3) is 0 Å². The lowest BCUT2D eigenvalue weighted by Gasteiger charge is -2.28. The van der Waals surface area contributed by atoms with Crippen LogP contribution in [0.5, 0.6) is 0 Å². The van der Waals surface area contributed by atoms with Gasteiger partial charge in [-0.3, -0.25) is 4.79 Å². The van der Waals surface area contributed by atoms with Crippen molar-refractivity contribution in [2.24, 2.45) is 0 Å². The van der Waals surface area contributed by atoms with Crippen LogP contribution >= 0.6 is 0 Å². The molecule has 1 aromatic carbocycles. The second-order valence-corrected chi connectivity index (χ2v) is 3.60. The summed E-state index contributed by atoms with van der Waals surface area (Å²) < 4.78 is 37.8. The lowest BCUT2D eigenvalue weighted by Crippen LogP contribution is -2.47. The molecule has 0 radical (unpaired) electrons. The average molecular weight is 231 g/mol. The number of alkyl halides is 3. The summed E-state index contributed by atoms with van der Waals surface area (Å²) in [5.74, 6) is -1.02. The Morgan fingerprint density at radius 1 is 1.19 bits per heavy atom. The Morgan fingerprint density at radius 2 is 1.69 bits per heavy atom. The summed E-state index contributed by atoms with van der Waals surface area (Å²) in [7, 11) is 0. The molecule has 16 heavy (non-hydrogen) atoms. The Kier molecular flexibility index (Phi) is 3.57. The van der Waals surface area contributed by atoms with Crippen molar-refractivity contribution in [3.63, 3.8) is 0 Å². The summed E-state index contributed by atoms with van der Waals surface area (Å²) in [5, 5.41) is 0. The number of hydrogen-bond donors (Lipinski definition) is 0. The van der Waals surface area contributed by atoms with E-state index in [1.165, 1.54) is 38.1 Å². The molecule has 1 amide bonds. The predicted octanol–water partition coefficient (Wildman–Crippen LogP) is 3.06. The summed E-state index contributed by atoms with van der Waals surface area (Å²) in [6.07, 6.45) is -4.65. The second kappa shape index (κ2) is 4.55. The zero-order valence-corrected chi connectivity index (χ0v) is 8.95. The number of rotatable bonds is 2. The summed E-state index contributed by atoms with van der Waals surface area (Å²) in [6, 6.07) is 6.51. The largest absolute Gasteiger partial charge is 0.487 e. The molecule has 2 nitrogen and oxygen atoms in total. The number of halogens is 3. The van der Waals surface area contributed by atoms with E-state index in [1.54, 1.807) is 6.07 Å². The zero-order valence-electron chi connectivity index (χ0n) is 8.95. The van der Waals surface area contributed by atoms with Crippen LogP contribution in [0.4, 0.5) is 13.2 Å². The molecule has 1 aromatic rings. The summed E-state index contributed by atoms with van der Waals surface area (Å²) in [6.45, 7) is 2.66. The fourth-order valence-electron chi connectivity index (χ4n) is 1.36. The predicted molar refractivity (Wildman–Crippen MR) is 53.8 cm³/mol. The number of benzene rings is 1. The highest BCUT2D eigenvalue weighted by Gasteiger charge is 2.42. The van der Waals surface area contributed by atoms with Crippen LogP contribution in [-0.4, -0.2) is 23.1 Å². The molecule has 0 heterocycles. The molecule has 0 saturated carbocycles. The van der Waals surface area contributed by atoms with E-state index < -0.39 is 18.2 Å². The fraction of sp³-hybridized carbons (Fsp3) is 0.364. The molecule has 1 rings (SSSR count). The van der Waals surface area contributed by atoms with E-state index in [0.717, 1.165) is 0 Å². The van der Waals surface area contributed by atoms with Gasteiger partial charge in [0.25, 0.3) is 5.91 Å². The Labute approximate surface area is 91.7 Å². The Bertz CT molecular complexity index is 359. The molecule has 0 saturated heterocycles. The topological polar surface area (TPSA) is 20.3 Å². The molecule has 0 fully saturated rings. The van der Waals surface area contributed by atoms with Gasteiger partial charge in [0.15, 0.2) is 0 Å². The zero-order chi connectivity index (χ0) is 12.3. The number of amides is 1. The molecule has 0 aliphatic carbocycles. The maximum Gasteiger partial charge on any atom is 0.487 e. The Morgan fingerprint density at radius 3 is 2.06 bits per heavy atom. The van der Waals surface area contributed by atoms with Gasteiger partial charge >= 0.3 is 6.30 Å². The SMILES string of the molecule is CC(C)N(C(=O)c1ccccc1)C(F)(F)F. The van der Waals surface area contributed by atoms with E-state index in [1.807, 2.05) is 0 Å². The van der Waals surface area contributed by atoms with E-state index >= 15 is 0 Å². The molecular formula is C11H12F3NO. The Hall–Kier alpha value is -1.52. The maximum absolute atomic E-state index is 12.6. The van der Waals surface area contributed by atoms with Gasteiger partial charge in [0, 0.05) is 11.6 Å². The minimum atomic E-state index is -4.65. The quantitative estimate of drug-likeness (QED) is 0.716. The molecule has 0 bridgehead atoms. The molecule has 0 aliphatic rings. The highest BCUT2D eigenvalue weighted by atomic mass is 19.4. The molecule has 0 atom stereocenters. The van der Waals surface area contributed by atoms with E-state index in [2.05, 4.69) is 0 Å². The van der Waals surface area contributed by atoms with Crippen molar-refractivity contribution in [3.8, 4) is 0 Å². The molecule has 0 aliphatic heterocycles. The first-order valence-electron chi connectivity index (χ1n) is 4.79. The van der Waals surface area contributed by atoms with Gasteiger partial charge in [-0.2, -0.15) is 0 Å². The molecular weight excluding hydrogens is 219 g/mol. The van der Waals surface area contributed by atoms with Crippen LogP contribution in [0.1, 0.15) is 24.2 Å². The number of hydrogen-bond acceptors (Lipinski definition) is 1. The van der Waals surface area contributed by atoms with Crippen LogP contribution in [0.15, 0.2) is 30.3 Å². The lowest BCUT2D eigenvalue weighted by molar-refractivity contribution is -0.233. The molecule has 0 spiro atoms. The van der Waals surface area contributed by atoms with Gasteiger partial charge in [-0.1, -0.05) is 18.2 Å². The van der Waals surface area contributed by atoms with Gasteiger partial charge in [0.05, 0.1) is 0 Å². The van der Waals surface area contributed by atoms with Gasteiger partial charge in [0.2, 0.25) is 0 Å². The summed E-state index contributed by atoms with van der Waals surface area (Å²) in [4.78, 5) is 11.6. The molecule has 0 N–H and O–H groups in total. The van der Waals surface area contributed by atoms with Crippen LogP contribution in [0.3, 0.4) is 0 Å². The Balaban J connectivity index is 3.02. The monoisotopic (exact) mass is 231 g/mol. The normalized spacial score (nSPS) is 11.6. The van der Waals surface area contributed by atoms with Gasteiger partial charge in [-0.25, -0.2) is 4.90 Å². The van der Waals surface area contributed by atoms with Crippen molar-refractivity contribution >= 4 is 5.91 Å². The van der Waals surface area contributed by atoms with Crippen LogP contribution in [0.2, 0.25) is 0 Å². The number of nitrogens with zero attached hydrogens (tertiary/aromatic N) is 1. The molecule has 0 unspecified atom stereocenters. The highest BCUT2D eigenvalue weighted by Crippen LogP contribution is 2.25. The van der Waals surface area contributed by atoms with E-state index in [-0.39, 0.29) is 10.5 Å². The third kappa shape index (κ3) is 2.74. The number of carbonyl (C=O) groups is 1. The van der Waals surface area contributed by atoms with Gasteiger partial charge in [-0.15, -0.1) is 13.2 Å². The first-order valence-corrected chi connectivity index (χ1v) is 4.79. The van der Waals surface area contributed by atoms with Gasteiger partial charge in [-0.05, 0) is 26.0 Å². The first kappa shape index (κ1) is 12.5. The van der Waals surface area contributed by atoms with Gasteiger partial charge < -0.3 is 0 Å². The average Bonchev–Trinajstić information content (AvgIpc) is 2.16. The second-order valence-electron chi connectivity index (χ2n) is 3.60. The van der Waals surface area contributed by atoms with Crippen molar-refractivity contribution in [2.45, 2.75) is 26.2 Å².